The van der Waals surface area contributed by atoms with Crippen molar-refractivity contribution in [2.45, 2.75) is 20.0 Å². The first-order valence-electron chi connectivity index (χ1n) is 6.08. The van der Waals surface area contributed by atoms with Gasteiger partial charge in [0, 0.05) is 33.0 Å². The smallest absolute Gasteiger partial charge is 0.275 e. The van der Waals surface area contributed by atoms with Crippen molar-refractivity contribution in [2.24, 2.45) is 7.05 Å². The molecule has 0 radical (unpaired) electrons. The first kappa shape index (κ1) is 15.2. The van der Waals surface area contributed by atoms with Gasteiger partial charge in [-0.05, 0) is 38.8 Å². The normalized spacial score (nSPS) is 10.8. The molecular formula is C12H15Br2N5O. The van der Waals surface area contributed by atoms with Gasteiger partial charge < -0.3 is 4.90 Å². The number of aromatic nitrogens is 4. The molecule has 6 nitrogen and oxygen atoms in total. The summed E-state index contributed by atoms with van der Waals surface area (Å²) in [5.74, 6) is -0.143. The number of nitrogens with zero attached hydrogens (tertiary/aromatic N) is 5. The molecule has 0 spiro atoms. The first-order chi connectivity index (χ1) is 9.42. The molecule has 2 aromatic heterocycles. The fourth-order valence-corrected chi connectivity index (χ4v) is 2.77. The van der Waals surface area contributed by atoms with Gasteiger partial charge in [0.25, 0.3) is 5.91 Å². The quantitative estimate of drug-likeness (QED) is 0.786. The number of carbonyl (C=O) groups excluding carboxylic acids is 1. The summed E-state index contributed by atoms with van der Waals surface area (Å²) in [6.45, 7) is 3.24. The first-order valence-corrected chi connectivity index (χ1v) is 7.67. The lowest BCUT2D eigenvalue weighted by Gasteiger charge is -2.14. The molecular weight excluding hydrogens is 390 g/mol. The van der Waals surface area contributed by atoms with E-state index in [0.717, 1.165) is 16.7 Å². The summed E-state index contributed by atoms with van der Waals surface area (Å²) < 4.78 is 5.02. The Morgan fingerprint density at radius 3 is 2.50 bits per heavy atom. The predicted molar refractivity (Wildman–Crippen MR) is 82.3 cm³/mol. The van der Waals surface area contributed by atoms with Crippen molar-refractivity contribution in [1.82, 2.24) is 24.5 Å². The molecule has 20 heavy (non-hydrogen) atoms. The largest absolute Gasteiger partial charge is 0.334 e. The maximum atomic E-state index is 12.3. The molecule has 0 N–H and O–H groups in total. The van der Waals surface area contributed by atoms with Gasteiger partial charge in [-0.15, -0.1) is 0 Å². The van der Waals surface area contributed by atoms with Crippen molar-refractivity contribution in [2.75, 3.05) is 7.05 Å². The van der Waals surface area contributed by atoms with Crippen LogP contribution in [0.25, 0.3) is 0 Å². The molecule has 0 aromatic carbocycles. The minimum atomic E-state index is -0.143. The van der Waals surface area contributed by atoms with Crippen molar-refractivity contribution in [3.05, 3.63) is 32.7 Å². The molecule has 0 fully saturated rings. The van der Waals surface area contributed by atoms with Crippen LogP contribution in [0.2, 0.25) is 0 Å². The van der Waals surface area contributed by atoms with Crippen LogP contribution in [0, 0.1) is 0 Å². The second-order valence-electron chi connectivity index (χ2n) is 4.44. The monoisotopic (exact) mass is 403 g/mol. The molecule has 0 bridgehead atoms. The number of halogens is 2. The standard InChI is InChI=1S/C12H15Br2N5O/c1-4-19-6-8(13)10(15-19)7-17(2)12(20)11-9(14)5-18(3)16-11/h5-6H,4,7H2,1-3H3. The van der Waals surface area contributed by atoms with Crippen LogP contribution >= 0.6 is 31.9 Å². The Labute approximate surface area is 134 Å². The summed E-state index contributed by atoms with van der Waals surface area (Å²) in [6.07, 6.45) is 3.66. The lowest BCUT2D eigenvalue weighted by molar-refractivity contribution is 0.0775. The van der Waals surface area contributed by atoms with Crippen molar-refractivity contribution >= 4 is 37.8 Å². The predicted octanol–water partition coefficient (Wildman–Crippen LogP) is 2.43. The van der Waals surface area contributed by atoms with E-state index in [9.17, 15) is 4.79 Å². The van der Waals surface area contributed by atoms with E-state index in [-0.39, 0.29) is 5.91 Å². The minimum absolute atomic E-state index is 0.143. The third-order valence-electron chi connectivity index (χ3n) is 2.83. The Balaban J connectivity index is 2.15. The average Bonchev–Trinajstić information content (AvgIpc) is 2.91. The van der Waals surface area contributed by atoms with Crippen LogP contribution in [0.4, 0.5) is 0 Å². The van der Waals surface area contributed by atoms with E-state index in [4.69, 9.17) is 0 Å². The summed E-state index contributed by atoms with van der Waals surface area (Å²) in [7, 11) is 3.52. The zero-order valence-electron chi connectivity index (χ0n) is 11.5. The van der Waals surface area contributed by atoms with Gasteiger partial charge in [-0.25, -0.2) is 0 Å². The van der Waals surface area contributed by atoms with Crippen LogP contribution in [0.1, 0.15) is 23.1 Å². The van der Waals surface area contributed by atoms with Crippen LogP contribution in [0.3, 0.4) is 0 Å². The van der Waals surface area contributed by atoms with Gasteiger partial charge in [0.05, 0.1) is 21.2 Å². The van der Waals surface area contributed by atoms with Crippen LogP contribution in [-0.2, 0) is 20.1 Å². The van der Waals surface area contributed by atoms with Gasteiger partial charge >= 0.3 is 0 Å². The Morgan fingerprint density at radius 1 is 1.30 bits per heavy atom. The topological polar surface area (TPSA) is 56.0 Å². The summed E-state index contributed by atoms with van der Waals surface area (Å²) >= 11 is 6.80. The van der Waals surface area contributed by atoms with Gasteiger partial charge in [-0.2, -0.15) is 10.2 Å². The maximum Gasteiger partial charge on any atom is 0.275 e. The molecule has 0 saturated heterocycles. The summed E-state index contributed by atoms with van der Waals surface area (Å²) in [5.41, 5.74) is 1.23. The minimum Gasteiger partial charge on any atom is -0.334 e. The second kappa shape index (κ2) is 6.09. The highest BCUT2D eigenvalue weighted by Gasteiger charge is 2.20. The van der Waals surface area contributed by atoms with E-state index in [1.54, 1.807) is 29.9 Å². The van der Waals surface area contributed by atoms with Crippen molar-refractivity contribution < 1.29 is 4.79 Å². The van der Waals surface area contributed by atoms with Crippen molar-refractivity contribution in [3.8, 4) is 0 Å². The molecule has 108 valence electrons. The molecule has 0 saturated carbocycles. The third-order valence-corrected chi connectivity index (χ3v) is 4.07. The highest BCUT2D eigenvalue weighted by atomic mass is 79.9. The Morgan fingerprint density at radius 2 is 2.00 bits per heavy atom. The number of amides is 1. The van der Waals surface area contributed by atoms with Gasteiger partial charge in [-0.3, -0.25) is 14.2 Å². The van der Waals surface area contributed by atoms with E-state index >= 15 is 0 Å². The third kappa shape index (κ3) is 3.12. The summed E-state index contributed by atoms with van der Waals surface area (Å²) in [5, 5.41) is 8.57. The molecule has 2 heterocycles. The number of rotatable bonds is 4. The number of hydrogen-bond donors (Lipinski definition) is 0. The number of carbonyl (C=O) groups is 1. The molecule has 0 aliphatic rings. The van der Waals surface area contributed by atoms with E-state index in [1.165, 1.54) is 0 Å². The lowest BCUT2D eigenvalue weighted by atomic mass is 10.3. The lowest BCUT2D eigenvalue weighted by Crippen LogP contribution is -2.27. The molecule has 8 heteroatoms. The van der Waals surface area contributed by atoms with Crippen molar-refractivity contribution in [3.63, 3.8) is 0 Å². The zero-order chi connectivity index (χ0) is 14.9. The summed E-state index contributed by atoms with van der Waals surface area (Å²) in [4.78, 5) is 13.9. The van der Waals surface area contributed by atoms with Crippen LogP contribution in [-0.4, -0.2) is 37.4 Å². The van der Waals surface area contributed by atoms with Gasteiger partial charge in [-0.1, -0.05) is 0 Å². The van der Waals surface area contributed by atoms with E-state index in [1.807, 2.05) is 17.8 Å². The van der Waals surface area contributed by atoms with E-state index in [0.29, 0.717) is 16.7 Å². The zero-order valence-corrected chi connectivity index (χ0v) is 14.6. The Bertz CT molecular complexity index is 634. The van der Waals surface area contributed by atoms with E-state index < -0.39 is 0 Å². The average molecular weight is 405 g/mol. The molecule has 0 aliphatic carbocycles. The second-order valence-corrected chi connectivity index (χ2v) is 6.15. The molecule has 1 amide bonds. The highest BCUT2D eigenvalue weighted by molar-refractivity contribution is 9.10. The molecule has 0 atom stereocenters. The molecule has 0 aliphatic heterocycles. The number of hydrogen-bond acceptors (Lipinski definition) is 3. The van der Waals surface area contributed by atoms with Crippen molar-refractivity contribution in [1.29, 1.82) is 0 Å². The summed E-state index contributed by atoms with van der Waals surface area (Å²) in [6, 6.07) is 0. The maximum absolute atomic E-state index is 12.3. The fraction of sp³-hybridized carbons (Fsp3) is 0.417. The molecule has 0 unspecified atom stereocenters. The Kier molecular flexibility index (Phi) is 4.64. The highest BCUT2D eigenvalue weighted by Crippen LogP contribution is 2.19. The van der Waals surface area contributed by atoms with Gasteiger partial charge in [0.1, 0.15) is 0 Å². The van der Waals surface area contributed by atoms with Crippen LogP contribution in [0.15, 0.2) is 21.3 Å². The van der Waals surface area contributed by atoms with Crippen LogP contribution < -0.4 is 0 Å². The molecule has 2 rings (SSSR count). The van der Waals surface area contributed by atoms with Gasteiger partial charge in [0.2, 0.25) is 0 Å². The number of aryl methyl sites for hydroxylation is 2. The Hall–Kier alpha value is -1.15. The molecule has 2 aromatic rings. The fourth-order valence-electron chi connectivity index (χ4n) is 1.79. The van der Waals surface area contributed by atoms with Gasteiger partial charge in [0.15, 0.2) is 5.69 Å². The van der Waals surface area contributed by atoms with E-state index in [2.05, 4.69) is 42.1 Å². The van der Waals surface area contributed by atoms with Crippen LogP contribution in [0.5, 0.6) is 0 Å². The SMILES string of the molecule is CCn1cc(Br)c(CN(C)C(=O)c2nn(C)cc2Br)n1.